The number of fused-ring (bicyclic) bond motifs is 2. The van der Waals surface area contributed by atoms with E-state index in [-0.39, 0.29) is 22.4 Å². The lowest BCUT2D eigenvalue weighted by Gasteiger charge is -2.27. The maximum Gasteiger partial charge on any atom is 0.416 e. The Hall–Kier alpha value is -3.53. The molecule has 36 heavy (non-hydrogen) atoms. The highest BCUT2D eigenvalue weighted by atomic mass is 19.4. The SMILES string of the molecule is O=C(c1ccc2c(c1)N(c1ncc(-c3cc(C(F)(F)F)ccc3F)cn1)CC21CC1)N1CCOCC1. The number of amides is 1. The van der Waals surface area contributed by atoms with Crippen LogP contribution in [-0.2, 0) is 16.3 Å². The smallest absolute Gasteiger partial charge is 0.378 e. The van der Waals surface area contributed by atoms with E-state index in [1.165, 1.54) is 12.4 Å². The summed E-state index contributed by atoms with van der Waals surface area (Å²) in [7, 11) is 0. The van der Waals surface area contributed by atoms with E-state index in [4.69, 9.17) is 4.74 Å². The zero-order valence-electron chi connectivity index (χ0n) is 19.2. The molecule has 1 aliphatic carbocycles. The fourth-order valence-corrected chi connectivity index (χ4v) is 5.04. The van der Waals surface area contributed by atoms with Crippen LogP contribution in [0.1, 0.15) is 34.3 Å². The number of benzene rings is 2. The zero-order chi connectivity index (χ0) is 25.1. The number of aromatic nitrogens is 2. The average molecular weight is 498 g/mol. The van der Waals surface area contributed by atoms with Gasteiger partial charge in [-0.1, -0.05) is 6.07 Å². The summed E-state index contributed by atoms with van der Waals surface area (Å²) in [4.78, 5) is 25.5. The van der Waals surface area contributed by atoms with Crippen LogP contribution in [-0.4, -0.2) is 53.6 Å². The lowest BCUT2D eigenvalue weighted by Crippen LogP contribution is -2.40. The minimum atomic E-state index is -4.59. The van der Waals surface area contributed by atoms with E-state index in [1.54, 1.807) is 4.90 Å². The van der Waals surface area contributed by atoms with Crippen molar-refractivity contribution in [3.8, 4) is 11.1 Å². The molecule has 6 rings (SSSR count). The molecule has 1 saturated heterocycles. The molecule has 1 amide bonds. The summed E-state index contributed by atoms with van der Waals surface area (Å²) in [6.45, 7) is 2.76. The molecule has 0 N–H and O–H groups in total. The van der Waals surface area contributed by atoms with Crippen LogP contribution in [0.4, 0.5) is 29.2 Å². The van der Waals surface area contributed by atoms with E-state index >= 15 is 0 Å². The molecule has 1 spiro atoms. The number of ether oxygens (including phenoxy) is 1. The highest BCUT2D eigenvalue weighted by Crippen LogP contribution is 2.57. The van der Waals surface area contributed by atoms with E-state index in [0.717, 1.165) is 36.2 Å². The van der Waals surface area contributed by atoms with Gasteiger partial charge in [-0.2, -0.15) is 13.2 Å². The van der Waals surface area contributed by atoms with Gasteiger partial charge in [0.15, 0.2) is 0 Å². The van der Waals surface area contributed by atoms with Crippen LogP contribution in [0.3, 0.4) is 0 Å². The van der Waals surface area contributed by atoms with Gasteiger partial charge in [-0.25, -0.2) is 14.4 Å². The Bertz CT molecular complexity index is 1330. The molecule has 2 aliphatic heterocycles. The Morgan fingerprint density at radius 2 is 1.72 bits per heavy atom. The summed E-state index contributed by atoms with van der Waals surface area (Å²) >= 11 is 0. The fourth-order valence-electron chi connectivity index (χ4n) is 5.04. The van der Waals surface area contributed by atoms with Gasteiger partial charge < -0.3 is 14.5 Å². The number of hydrogen-bond acceptors (Lipinski definition) is 5. The lowest BCUT2D eigenvalue weighted by molar-refractivity contribution is -0.137. The number of morpholine rings is 1. The summed E-state index contributed by atoms with van der Waals surface area (Å²) in [6.07, 6.45) is 0.113. The van der Waals surface area contributed by atoms with E-state index in [9.17, 15) is 22.4 Å². The molecule has 3 aromatic rings. The molecule has 1 saturated carbocycles. The second-order valence-corrected chi connectivity index (χ2v) is 9.47. The zero-order valence-corrected chi connectivity index (χ0v) is 19.2. The highest BCUT2D eigenvalue weighted by Gasteiger charge is 2.52. The van der Waals surface area contributed by atoms with Crippen molar-refractivity contribution in [1.29, 1.82) is 0 Å². The maximum atomic E-state index is 14.3. The van der Waals surface area contributed by atoms with Crippen molar-refractivity contribution in [1.82, 2.24) is 14.9 Å². The van der Waals surface area contributed by atoms with Gasteiger partial charge in [-0.3, -0.25) is 4.79 Å². The number of carbonyl (C=O) groups is 1. The molecule has 10 heteroatoms. The van der Waals surface area contributed by atoms with Gasteiger partial charge in [0.2, 0.25) is 5.95 Å². The molecule has 0 radical (unpaired) electrons. The molecule has 0 atom stereocenters. The van der Waals surface area contributed by atoms with Crippen LogP contribution in [0, 0.1) is 5.82 Å². The molecule has 3 aliphatic rings. The quantitative estimate of drug-likeness (QED) is 0.478. The van der Waals surface area contributed by atoms with Crippen LogP contribution >= 0.6 is 0 Å². The predicted molar refractivity (Wildman–Crippen MR) is 124 cm³/mol. The van der Waals surface area contributed by atoms with Crippen molar-refractivity contribution in [2.24, 2.45) is 0 Å². The fraction of sp³-hybridized carbons (Fsp3) is 0.346. The number of nitrogens with zero attached hydrogens (tertiary/aromatic N) is 4. The molecule has 2 aromatic carbocycles. The van der Waals surface area contributed by atoms with Crippen LogP contribution in [0.25, 0.3) is 11.1 Å². The van der Waals surface area contributed by atoms with Gasteiger partial charge in [0.05, 0.1) is 18.8 Å². The first-order valence-electron chi connectivity index (χ1n) is 11.7. The Balaban J connectivity index is 1.32. The third-order valence-electron chi connectivity index (χ3n) is 7.20. The Morgan fingerprint density at radius 3 is 2.39 bits per heavy atom. The molecule has 1 aromatic heterocycles. The molecule has 0 bridgehead atoms. The number of carbonyl (C=O) groups excluding carboxylic acids is 1. The molecule has 2 fully saturated rings. The van der Waals surface area contributed by atoms with Crippen LogP contribution in [0.5, 0.6) is 0 Å². The second kappa shape index (κ2) is 8.26. The minimum absolute atomic E-state index is 0.00887. The number of hydrogen-bond donors (Lipinski definition) is 0. The van der Waals surface area contributed by atoms with Gasteiger partial charge in [-0.15, -0.1) is 0 Å². The summed E-state index contributed by atoms with van der Waals surface area (Å²) in [5, 5.41) is 0. The van der Waals surface area contributed by atoms with E-state index in [2.05, 4.69) is 9.97 Å². The van der Waals surface area contributed by atoms with E-state index in [0.29, 0.717) is 50.4 Å². The van der Waals surface area contributed by atoms with Crippen LogP contribution in [0.2, 0.25) is 0 Å². The summed E-state index contributed by atoms with van der Waals surface area (Å²) in [5.74, 6) is -0.490. The Kier molecular flexibility index (Phi) is 5.26. The normalized spacial score (nSPS) is 18.4. The number of rotatable bonds is 3. The largest absolute Gasteiger partial charge is 0.416 e. The van der Waals surface area contributed by atoms with Gasteiger partial charge >= 0.3 is 6.18 Å². The minimum Gasteiger partial charge on any atom is -0.378 e. The summed E-state index contributed by atoms with van der Waals surface area (Å²) < 4.78 is 59.0. The van der Waals surface area contributed by atoms with Gasteiger partial charge in [0.25, 0.3) is 5.91 Å². The van der Waals surface area contributed by atoms with Crippen molar-refractivity contribution < 1.29 is 27.1 Å². The van der Waals surface area contributed by atoms with Crippen molar-refractivity contribution in [3.05, 3.63) is 71.3 Å². The van der Waals surface area contributed by atoms with Gasteiger partial charge in [0, 0.05) is 59.8 Å². The van der Waals surface area contributed by atoms with Crippen molar-refractivity contribution in [2.75, 3.05) is 37.7 Å². The third kappa shape index (κ3) is 3.89. The molecule has 3 heterocycles. The number of halogens is 4. The van der Waals surface area contributed by atoms with Gasteiger partial charge in [-0.05, 0) is 48.7 Å². The predicted octanol–water partition coefficient (Wildman–Crippen LogP) is 4.96. The first kappa shape index (κ1) is 22.9. The first-order chi connectivity index (χ1) is 17.2. The highest BCUT2D eigenvalue weighted by molar-refractivity contribution is 5.96. The molecular formula is C26H22F4N4O2. The standard InChI is InChI=1S/C26H22F4N4O2/c27-21-4-2-18(26(28,29)30)12-19(21)17-13-31-24(32-14-17)34-15-25(5-6-25)20-3-1-16(11-22(20)34)23(35)33-7-9-36-10-8-33/h1-4,11-14H,5-10,15H2. The van der Waals surface area contributed by atoms with E-state index in [1.807, 2.05) is 23.1 Å². The van der Waals surface area contributed by atoms with Crippen molar-refractivity contribution >= 4 is 17.5 Å². The second-order valence-electron chi connectivity index (χ2n) is 9.47. The molecule has 6 nitrogen and oxygen atoms in total. The summed E-state index contributed by atoms with van der Waals surface area (Å²) in [6, 6.07) is 8.00. The van der Waals surface area contributed by atoms with Crippen molar-refractivity contribution in [2.45, 2.75) is 24.4 Å². The summed E-state index contributed by atoms with van der Waals surface area (Å²) in [5.41, 5.74) is 1.55. The Morgan fingerprint density at radius 1 is 1.00 bits per heavy atom. The average Bonchev–Trinajstić information content (AvgIpc) is 3.60. The molecule has 186 valence electrons. The van der Waals surface area contributed by atoms with Crippen LogP contribution < -0.4 is 4.90 Å². The molecule has 0 unspecified atom stereocenters. The maximum absolute atomic E-state index is 14.3. The van der Waals surface area contributed by atoms with Crippen LogP contribution in [0.15, 0.2) is 48.8 Å². The number of alkyl halides is 3. The van der Waals surface area contributed by atoms with Gasteiger partial charge in [0.1, 0.15) is 5.82 Å². The Labute approximate surface area is 204 Å². The third-order valence-corrected chi connectivity index (χ3v) is 7.20. The first-order valence-corrected chi connectivity index (χ1v) is 11.7. The van der Waals surface area contributed by atoms with E-state index < -0.39 is 17.6 Å². The monoisotopic (exact) mass is 498 g/mol. The lowest BCUT2D eigenvalue weighted by atomic mass is 9.97. The topological polar surface area (TPSA) is 58.6 Å². The van der Waals surface area contributed by atoms with Crippen molar-refractivity contribution in [3.63, 3.8) is 0 Å². The number of anilines is 2. The molecular weight excluding hydrogens is 476 g/mol.